The van der Waals surface area contributed by atoms with E-state index in [4.69, 9.17) is 0 Å². The first-order chi connectivity index (χ1) is 14.9. The number of fused-ring (bicyclic) bond motifs is 1. The second kappa shape index (κ2) is 9.93. The molecule has 1 heterocycles. The first-order valence-corrected chi connectivity index (χ1v) is 10.4. The zero-order valence-corrected chi connectivity index (χ0v) is 18.1. The molecule has 3 amide bonds. The maximum Gasteiger partial charge on any atom is 0.253 e. The fourth-order valence-electron chi connectivity index (χ4n) is 3.63. The van der Waals surface area contributed by atoms with Crippen molar-refractivity contribution in [3.05, 3.63) is 65.9 Å². The summed E-state index contributed by atoms with van der Waals surface area (Å²) in [6.07, 6.45) is 2.20. The summed E-state index contributed by atoms with van der Waals surface area (Å²) in [6.45, 7) is 6.46. The molecule has 1 atom stereocenters. The third-order valence-corrected chi connectivity index (χ3v) is 5.22. The first-order valence-electron chi connectivity index (χ1n) is 10.4. The zero-order valence-electron chi connectivity index (χ0n) is 18.1. The number of benzene rings is 2. The molecule has 3 N–H and O–H groups in total. The van der Waals surface area contributed by atoms with Crippen molar-refractivity contribution in [3.8, 4) is 0 Å². The van der Waals surface area contributed by atoms with Crippen molar-refractivity contribution >= 4 is 34.3 Å². The Kier molecular flexibility index (Phi) is 7.07. The molecular weight excluding hydrogens is 392 g/mol. The van der Waals surface area contributed by atoms with Crippen LogP contribution < -0.4 is 10.6 Å². The van der Waals surface area contributed by atoms with Gasteiger partial charge in [0.05, 0.1) is 0 Å². The third kappa shape index (κ3) is 5.31. The summed E-state index contributed by atoms with van der Waals surface area (Å²) in [4.78, 5) is 42.3. The normalized spacial score (nSPS) is 11.7. The number of anilines is 1. The lowest BCUT2D eigenvalue weighted by atomic mass is 10.0. The van der Waals surface area contributed by atoms with Crippen molar-refractivity contribution in [2.24, 2.45) is 0 Å². The van der Waals surface area contributed by atoms with E-state index in [1.54, 1.807) is 29.2 Å². The molecule has 0 fully saturated rings. The molecule has 3 aromatic rings. The first kappa shape index (κ1) is 22.1. The summed E-state index contributed by atoms with van der Waals surface area (Å²) in [5, 5.41) is 6.59. The molecular formula is C24H28N4O3. The third-order valence-electron chi connectivity index (χ3n) is 5.22. The van der Waals surface area contributed by atoms with E-state index in [1.807, 2.05) is 44.3 Å². The van der Waals surface area contributed by atoms with Gasteiger partial charge >= 0.3 is 0 Å². The summed E-state index contributed by atoms with van der Waals surface area (Å²) in [6, 6.07) is 13.9. The Labute approximate surface area is 181 Å². The number of rotatable bonds is 8. The number of amides is 3. The number of H-pyrrole nitrogens is 1. The standard InChI is InChI=1S/C24H28N4O3/c1-4-28(5-2)24(31)17-9-8-10-19(13-17)27-23(30)22(26-16(3)29)14-18-15-25-21-12-7-6-11-20(18)21/h6-13,15,22,25H,4-5,14H2,1-3H3,(H,26,29)(H,27,30). The van der Waals surface area contributed by atoms with Crippen LogP contribution in [0.5, 0.6) is 0 Å². The molecule has 7 heteroatoms. The number of carbonyl (C=O) groups is 3. The van der Waals surface area contributed by atoms with Gasteiger partial charge in [-0.25, -0.2) is 0 Å². The number of aromatic amines is 1. The highest BCUT2D eigenvalue weighted by molar-refractivity contribution is 6.00. The maximum atomic E-state index is 13.0. The van der Waals surface area contributed by atoms with Gasteiger partial charge in [0.1, 0.15) is 6.04 Å². The van der Waals surface area contributed by atoms with Gasteiger partial charge in [-0.2, -0.15) is 0 Å². The molecule has 0 aliphatic heterocycles. The maximum absolute atomic E-state index is 13.0. The van der Waals surface area contributed by atoms with Gasteiger partial charge in [0.15, 0.2) is 0 Å². The molecule has 2 aromatic carbocycles. The lowest BCUT2D eigenvalue weighted by Crippen LogP contribution is -2.44. The van der Waals surface area contributed by atoms with E-state index in [1.165, 1.54) is 6.92 Å². The van der Waals surface area contributed by atoms with E-state index in [0.717, 1.165) is 16.5 Å². The fraction of sp³-hybridized carbons (Fsp3) is 0.292. The summed E-state index contributed by atoms with van der Waals surface area (Å²) in [5.74, 6) is -0.711. The van der Waals surface area contributed by atoms with Crippen LogP contribution in [0.3, 0.4) is 0 Å². The molecule has 1 unspecified atom stereocenters. The number of aromatic nitrogens is 1. The number of nitrogens with zero attached hydrogens (tertiary/aromatic N) is 1. The van der Waals surface area contributed by atoms with E-state index in [-0.39, 0.29) is 17.7 Å². The average molecular weight is 421 g/mol. The van der Waals surface area contributed by atoms with Crippen molar-refractivity contribution in [2.75, 3.05) is 18.4 Å². The molecule has 0 bridgehead atoms. The van der Waals surface area contributed by atoms with Gasteiger partial charge in [-0.3, -0.25) is 14.4 Å². The Morgan fingerprint density at radius 2 is 1.77 bits per heavy atom. The van der Waals surface area contributed by atoms with Crippen LogP contribution in [0.2, 0.25) is 0 Å². The number of hydrogen-bond acceptors (Lipinski definition) is 3. The van der Waals surface area contributed by atoms with Crippen LogP contribution in [0.4, 0.5) is 5.69 Å². The minimum Gasteiger partial charge on any atom is -0.361 e. The van der Waals surface area contributed by atoms with E-state index in [0.29, 0.717) is 30.8 Å². The quantitative estimate of drug-likeness (QED) is 0.522. The minimum atomic E-state index is -0.751. The fourth-order valence-corrected chi connectivity index (χ4v) is 3.63. The van der Waals surface area contributed by atoms with Gasteiger partial charge < -0.3 is 20.5 Å². The second-order valence-corrected chi connectivity index (χ2v) is 7.36. The number of nitrogens with one attached hydrogen (secondary N) is 3. The summed E-state index contributed by atoms with van der Waals surface area (Å²) in [7, 11) is 0. The van der Waals surface area contributed by atoms with Gasteiger partial charge in [-0.15, -0.1) is 0 Å². The topological polar surface area (TPSA) is 94.3 Å². The summed E-state index contributed by atoms with van der Waals surface area (Å²) in [5.41, 5.74) is 2.93. The van der Waals surface area contributed by atoms with Gasteiger partial charge in [0, 0.05) is 54.8 Å². The molecule has 3 rings (SSSR count). The lowest BCUT2D eigenvalue weighted by molar-refractivity contribution is -0.125. The molecule has 7 nitrogen and oxygen atoms in total. The van der Waals surface area contributed by atoms with Crippen LogP contribution in [-0.4, -0.2) is 46.7 Å². The molecule has 31 heavy (non-hydrogen) atoms. The average Bonchev–Trinajstić information content (AvgIpc) is 3.17. The van der Waals surface area contributed by atoms with Crippen LogP contribution in [-0.2, 0) is 16.0 Å². The Balaban J connectivity index is 1.79. The Hall–Kier alpha value is -3.61. The largest absolute Gasteiger partial charge is 0.361 e. The van der Waals surface area contributed by atoms with Crippen LogP contribution in [0.1, 0.15) is 36.7 Å². The number of hydrogen-bond donors (Lipinski definition) is 3. The monoisotopic (exact) mass is 420 g/mol. The van der Waals surface area contributed by atoms with Gasteiger partial charge in [0.2, 0.25) is 11.8 Å². The highest BCUT2D eigenvalue weighted by atomic mass is 16.2. The zero-order chi connectivity index (χ0) is 22.4. The van der Waals surface area contributed by atoms with Gasteiger partial charge in [0.25, 0.3) is 5.91 Å². The molecule has 162 valence electrons. The highest BCUT2D eigenvalue weighted by Gasteiger charge is 2.22. The van der Waals surface area contributed by atoms with E-state index in [9.17, 15) is 14.4 Å². The molecule has 0 radical (unpaired) electrons. The smallest absolute Gasteiger partial charge is 0.253 e. The van der Waals surface area contributed by atoms with Crippen molar-refractivity contribution in [1.82, 2.24) is 15.2 Å². The predicted molar refractivity (Wildman–Crippen MR) is 122 cm³/mol. The summed E-state index contributed by atoms with van der Waals surface area (Å²) >= 11 is 0. The van der Waals surface area contributed by atoms with E-state index in [2.05, 4.69) is 15.6 Å². The number of para-hydroxylation sites is 1. The SMILES string of the molecule is CCN(CC)C(=O)c1cccc(NC(=O)C(Cc2c[nH]c3ccccc23)NC(C)=O)c1. The van der Waals surface area contributed by atoms with Gasteiger partial charge in [-0.1, -0.05) is 24.3 Å². The number of carbonyl (C=O) groups excluding carboxylic acids is 3. The molecule has 0 saturated heterocycles. The van der Waals surface area contributed by atoms with Crippen molar-refractivity contribution in [1.29, 1.82) is 0 Å². The molecule has 0 saturated carbocycles. The summed E-state index contributed by atoms with van der Waals surface area (Å²) < 4.78 is 0. The van der Waals surface area contributed by atoms with Crippen molar-refractivity contribution in [3.63, 3.8) is 0 Å². The van der Waals surface area contributed by atoms with Crippen LogP contribution in [0.25, 0.3) is 10.9 Å². The highest BCUT2D eigenvalue weighted by Crippen LogP contribution is 2.20. The lowest BCUT2D eigenvalue weighted by Gasteiger charge is -2.20. The van der Waals surface area contributed by atoms with E-state index >= 15 is 0 Å². The van der Waals surface area contributed by atoms with E-state index < -0.39 is 6.04 Å². The Morgan fingerprint density at radius 1 is 1.03 bits per heavy atom. The molecule has 1 aromatic heterocycles. The Bertz CT molecular complexity index is 1090. The van der Waals surface area contributed by atoms with Gasteiger partial charge in [-0.05, 0) is 43.7 Å². The second-order valence-electron chi connectivity index (χ2n) is 7.36. The van der Waals surface area contributed by atoms with Crippen LogP contribution in [0, 0.1) is 0 Å². The predicted octanol–water partition coefficient (Wildman–Crippen LogP) is 3.34. The Morgan fingerprint density at radius 3 is 2.48 bits per heavy atom. The molecule has 0 aliphatic carbocycles. The van der Waals surface area contributed by atoms with Crippen LogP contribution in [0.15, 0.2) is 54.7 Å². The van der Waals surface area contributed by atoms with Crippen molar-refractivity contribution < 1.29 is 14.4 Å². The molecule has 0 spiro atoms. The van der Waals surface area contributed by atoms with Crippen molar-refractivity contribution in [2.45, 2.75) is 33.2 Å². The van der Waals surface area contributed by atoms with Crippen LogP contribution >= 0.6 is 0 Å². The minimum absolute atomic E-state index is 0.0849. The molecule has 0 aliphatic rings.